The smallest absolute Gasteiger partial charge is 0.217 e. The maximum atomic E-state index is 10.8. The Hall–Kier alpha value is -1.46. The summed E-state index contributed by atoms with van der Waals surface area (Å²) in [6.07, 6.45) is 2.86. The average molecular weight is 277 g/mol. The van der Waals surface area contributed by atoms with Crippen LogP contribution >= 0.6 is 0 Å². The van der Waals surface area contributed by atoms with Gasteiger partial charge >= 0.3 is 0 Å². The predicted molar refractivity (Wildman–Crippen MR) is 77.2 cm³/mol. The maximum absolute atomic E-state index is 10.8. The van der Waals surface area contributed by atoms with Gasteiger partial charge in [-0.2, -0.15) is 0 Å². The van der Waals surface area contributed by atoms with Crippen LogP contribution in [0.15, 0.2) is 18.3 Å². The van der Waals surface area contributed by atoms with Crippen molar-refractivity contribution in [2.24, 2.45) is 5.73 Å². The van der Waals surface area contributed by atoms with E-state index in [1.807, 2.05) is 18.3 Å². The molecule has 1 fully saturated rings. The molecular weight excluding hydrogens is 254 g/mol. The number of pyridine rings is 1. The highest BCUT2D eigenvalue weighted by molar-refractivity contribution is 5.73. The molecule has 1 saturated heterocycles. The molecule has 1 amide bonds. The van der Waals surface area contributed by atoms with Crippen molar-refractivity contribution < 1.29 is 9.53 Å². The molecule has 1 unspecified atom stereocenters. The Balaban J connectivity index is 1.97. The first kappa shape index (κ1) is 14.9. The molecule has 0 bridgehead atoms. The summed E-state index contributed by atoms with van der Waals surface area (Å²) in [5, 5.41) is 0. The van der Waals surface area contributed by atoms with Gasteiger partial charge in [-0.15, -0.1) is 0 Å². The molecule has 5 nitrogen and oxygen atoms in total. The molecule has 20 heavy (non-hydrogen) atoms. The van der Waals surface area contributed by atoms with E-state index in [1.54, 1.807) is 0 Å². The molecule has 110 valence electrons. The molecule has 1 aromatic heterocycles. The van der Waals surface area contributed by atoms with Gasteiger partial charge in [-0.05, 0) is 31.9 Å². The fourth-order valence-electron chi connectivity index (χ4n) is 2.36. The minimum Gasteiger partial charge on any atom is -0.370 e. The second kappa shape index (κ2) is 6.81. The highest BCUT2D eigenvalue weighted by atomic mass is 16.5. The summed E-state index contributed by atoms with van der Waals surface area (Å²) in [5.41, 5.74) is 7.13. The number of hydrogen-bond acceptors (Lipinski definition) is 4. The first-order valence-corrected chi connectivity index (χ1v) is 7.15. The molecule has 0 aromatic carbocycles. The van der Waals surface area contributed by atoms with E-state index in [0.29, 0.717) is 18.9 Å². The summed E-state index contributed by atoms with van der Waals surface area (Å²) in [5.74, 6) is -0.280. The third-order valence-corrected chi connectivity index (χ3v) is 3.67. The van der Waals surface area contributed by atoms with E-state index in [0.717, 1.165) is 31.0 Å². The van der Waals surface area contributed by atoms with Crippen LogP contribution in [0.4, 0.5) is 0 Å². The molecule has 1 aromatic rings. The van der Waals surface area contributed by atoms with Gasteiger partial charge < -0.3 is 10.5 Å². The molecule has 0 saturated carbocycles. The Labute approximate surface area is 120 Å². The van der Waals surface area contributed by atoms with E-state index in [1.165, 1.54) is 0 Å². The van der Waals surface area contributed by atoms with Crippen molar-refractivity contribution in [2.75, 3.05) is 19.7 Å². The number of hydrogen-bond donors (Lipinski definition) is 1. The van der Waals surface area contributed by atoms with Crippen molar-refractivity contribution in [1.82, 2.24) is 9.88 Å². The average Bonchev–Trinajstić information content (AvgIpc) is 2.46. The van der Waals surface area contributed by atoms with E-state index in [2.05, 4.69) is 23.7 Å². The molecule has 0 aliphatic carbocycles. The van der Waals surface area contributed by atoms with Crippen LogP contribution in [0.5, 0.6) is 0 Å². The van der Waals surface area contributed by atoms with Crippen molar-refractivity contribution in [3.05, 3.63) is 29.6 Å². The van der Waals surface area contributed by atoms with Crippen LogP contribution in [-0.2, 0) is 16.0 Å². The quantitative estimate of drug-likeness (QED) is 0.880. The molecule has 1 aliphatic heterocycles. The molecule has 1 atom stereocenters. The number of rotatable bonds is 5. The standard InChI is InChI=1S/C15H23N3O2/c1-11(2)18-7-8-20-14(10-18)13-5-3-12(9-17-13)4-6-15(16)19/h3,5,9,11,14H,4,6-8,10H2,1-2H3,(H2,16,19). The Morgan fingerprint density at radius 3 is 2.95 bits per heavy atom. The zero-order chi connectivity index (χ0) is 14.5. The van der Waals surface area contributed by atoms with Gasteiger partial charge in [0.05, 0.1) is 12.3 Å². The van der Waals surface area contributed by atoms with Gasteiger partial charge in [0, 0.05) is 31.7 Å². The number of ether oxygens (including phenoxy) is 1. The second-order valence-electron chi connectivity index (χ2n) is 5.51. The van der Waals surface area contributed by atoms with Crippen LogP contribution in [0.1, 0.15) is 37.6 Å². The normalized spacial score (nSPS) is 20.2. The number of morpholine rings is 1. The number of primary amides is 1. The van der Waals surface area contributed by atoms with Gasteiger partial charge in [0.15, 0.2) is 0 Å². The number of carbonyl (C=O) groups is 1. The van der Waals surface area contributed by atoms with Crippen molar-refractivity contribution in [1.29, 1.82) is 0 Å². The lowest BCUT2D eigenvalue weighted by atomic mass is 10.1. The number of nitrogens with two attached hydrogens (primary N) is 1. The Kier molecular flexibility index (Phi) is 5.09. The first-order valence-electron chi connectivity index (χ1n) is 7.15. The van der Waals surface area contributed by atoms with Crippen LogP contribution in [0.25, 0.3) is 0 Å². The van der Waals surface area contributed by atoms with Gasteiger partial charge in [0.1, 0.15) is 6.10 Å². The molecular formula is C15H23N3O2. The van der Waals surface area contributed by atoms with Gasteiger partial charge in [-0.3, -0.25) is 14.7 Å². The summed E-state index contributed by atoms with van der Waals surface area (Å²) in [6.45, 7) is 7.00. The predicted octanol–water partition coefficient (Wildman–Crippen LogP) is 1.28. The van der Waals surface area contributed by atoms with Gasteiger partial charge in [-0.25, -0.2) is 0 Å². The topological polar surface area (TPSA) is 68.5 Å². The lowest BCUT2D eigenvalue weighted by Gasteiger charge is -2.35. The summed E-state index contributed by atoms with van der Waals surface area (Å²) >= 11 is 0. The van der Waals surface area contributed by atoms with Crippen LogP contribution < -0.4 is 5.73 Å². The number of aryl methyl sites for hydroxylation is 1. The summed E-state index contributed by atoms with van der Waals surface area (Å²) in [7, 11) is 0. The van der Waals surface area contributed by atoms with Crippen molar-refractivity contribution in [2.45, 2.75) is 38.8 Å². The summed E-state index contributed by atoms with van der Waals surface area (Å²) in [6, 6.07) is 4.52. The van der Waals surface area contributed by atoms with E-state index in [9.17, 15) is 4.79 Å². The highest BCUT2D eigenvalue weighted by Crippen LogP contribution is 2.22. The van der Waals surface area contributed by atoms with Gasteiger partial charge in [0.2, 0.25) is 5.91 Å². The summed E-state index contributed by atoms with van der Waals surface area (Å²) in [4.78, 5) is 17.6. The van der Waals surface area contributed by atoms with E-state index >= 15 is 0 Å². The fourth-order valence-corrected chi connectivity index (χ4v) is 2.36. The van der Waals surface area contributed by atoms with Crippen LogP contribution in [-0.4, -0.2) is 41.5 Å². The monoisotopic (exact) mass is 277 g/mol. The third kappa shape index (κ3) is 4.02. The summed E-state index contributed by atoms with van der Waals surface area (Å²) < 4.78 is 5.80. The van der Waals surface area contributed by atoms with Gasteiger partial charge in [-0.1, -0.05) is 6.07 Å². The lowest BCUT2D eigenvalue weighted by Crippen LogP contribution is -2.42. The Bertz CT molecular complexity index is 445. The van der Waals surface area contributed by atoms with Crippen LogP contribution in [0.2, 0.25) is 0 Å². The van der Waals surface area contributed by atoms with Crippen molar-refractivity contribution in [3.63, 3.8) is 0 Å². The fraction of sp³-hybridized carbons (Fsp3) is 0.600. The lowest BCUT2D eigenvalue weighted by molar-refractivity contribution is -0.117. The maximum Gasteiger partial charge on any atom is 0.217 e. The molecule has 2 rings (SSSR count). The van der Waals surface area contributed by atoms with Crippen LogP contribution in [0.3, 0.4) is 0 Å². The Morgan fingerprint density at radius 2 is 2.35 bits per heavy atom. The molecule has 5 heteroatoms. The molecule has 2 N–H and O–H groups in total. The zero-order valence-corrected chi connectivity index (χ0v) is 12.2. The number of amides is 1. The second-order valence-corrected chi connectivity index (χ2v) is 5.51. The molecule has 0 spiro atoms. The van der Waals surface area contributed by atoms with E-state index < -0.39 is 0 Å². The number of carbonyl (C=O) groups excluding carboxylic acids is 1. The van der Waals surface area contributed by atoms with Crippen molar-refractivity contribution in [3.8, 4) is 0 Å². The van der Waals surface area contributed by atoms with E-state index in [4.69, 9.17) is 10.5 Å². The first-order chi connectivity index (χ1) is 9.56. The molecule has 2 heterocycles. The SMILES string of the molecule is CC(C)N1CCOC(c2ccc(CCC(N)=O)cn2)C1. The van der Waals surface area contributed by atoms with Crippen molar-refractivity contribution >= 4 is 5.91 Å². The van der Waals surface area contributed by atoms with Crippen LogP contribution in [0, 0.1) is 0 Å². The Morgan fingerprint density at radius 1 is 1.55 bits per heavy atom. The third-order valence-electron chi connectivity index (χ3n) is 3.67. The minimum absolute atomic E-state index is 0.0383. The molecule has 0 radical (unpaired) electrons. The minimum atomic E-state index is -0.280. The van der Waals surface area contributed by atoms with E-state index in [-0.39, 0.29) is 12.0 Å². The number of nitrogens with zero attached hydrogens (tertiary/aromatic N) is 2. The molecule has 1 aliphatic rings. The number of aromatic nitrogens is 1. The zero-order valence-electron chi connectivity index (χ0n) is 12.2. The highest BCUT2D eigenvalue weighted by Gasteiger charge is 2.24. The largest absolute Gasteiger partial charge is 0.370 e. The van der Waals surface area contributed by atoms with Gasteiger partial charge in [0.25, 0.3) is 0 Å².